The normalized spacial score (nSPS) is 21.0. The zero-order valence-corrected chi connectivity index (χ0v) is 9.58. The molecule has 0 N–H and O–H groups in total. The average Bonchev–Trinajstić information content (AvgIpc) is 2.27. The van der Waals surface area contributed by atoms with Crippen LogP contribution >= 0.6 is 0 Å². The Morgan fingerprint density at radius 2 is 1.07 bits per heavy atom. The summed E-state index contributed by atoms with van der Waals surface area (Å²) in [4.78, 5) is 5.17. The predicted octanol–water partition coefficient (Wildman–Crippen LogP) is 2.45. The first-order valence-corrected chi connectivity index (χ1v) is 5.59. The molecule has 1 rings (SSSR count). The van der Waals surface area contributed by atoms with Crippen LogP contribution in [0.2, 0.25) is 0 Å². The molecule has 0 bridgehead atoms. The van der Waals surface area contributed by atoms with E-state index in [1.54, 1.807) is 0 Å². The molecular weight excluding hydrogens is 172 g/mol. The zero-order chi connectivity index (χ0) is 9.84. The summed E-state index contributed by atoms with van der Waals surface area (Å²) in [7, 11) is 0. The Bertz CT molecular complexity index is 127. The van der Waals surface area contributed by atoms with Crippen molar-refractivity contribution < 1.29 is 0 Å². The van der Waals surface area contributed by atoms with E-state index in [1.807, 2.05) is 0 Å². The fraction of sp³-hybridized carbons (Fsp3) is 1.00. The minimum absolute atomic E-state index is 0. The van der Waals surface area contributed by atoms with Gasteiger partial charge in [0.25, 0.3) is 0 Å². The first-order valence-electron chi connectivity index (χ1n) is 5.59. The van der Waals surface area contributed by atoms with Crippen molar-refractivity contribution in [2.24, 2.45) is 0 Å². The molecule has 0 amide bonds. The van der Waals surface area contributed by atoms with Crippen LogP contribution in [0.15, 0.2) is 0 Å². The maximum Gasteiger partial charge on any atom is 0.0112 e. The Morgan fingerprint density at radius 3 is 1.36 bits per heavy atom. The van der Waals surface area contributed by atoms with E-state index in [-0.39, 0.29) is 7.43 Å². The van der Waals surface area contributed by atoms with Gasteiger partial charge in [-0.1, -0.05) is 7.43 Å². The highest BCUT2D eigenvalue weighted by atomic mass is 15.2. The van der Waals surface area contributed by atoms with Crippen LogP contribution < -0.4 is 0 Å². The number of hydrogen-bond donors (Lipinski definition) is 0. The van der Waals surface area contributed by atoms with E-state index in [9.17, 15) is 0 Å². The van der Waals surface area contributed by atoms with Crippen LogP contribution in [-0.2, 0) is 0 Å². The standard InChI is InChI=1S/C11H24N2.CH4/c1-10(2)12-6-5-7-13(9-8-12)11(3)4;/h10-11H,5-9H2,1-4H3;1H4. The molecule has 0 aromatic rings. The summed E-state index contributed by atoms with van der Waals surface area (Å²) in [6, 6.07) is 1.43. The highest BCUT2D eigenvalue weighted by Crippen LogP contribution is 2.08. The molecule has 0 radical (unpaired) electrons. The Hall–Kier alpha value is -0.0800. The van der Waals surface area contributed by atoms with Gasteiger partial charge in [-0.25, -0.2) is 0 Å². The van der Waals surface area contributed by atoms with Crippen molar-refractivity contribution in [2.45, 2.75) is 53.6 Å². The second-order valence-electron chi connectivity index (χ2n) is 4.61. The highest BCUT2D eigenvalue weighted by Gasteiger charge is 2.17. The number of rotatable bonds is 2. The van der Waals surface area contributed by atoms with E-state index in [4.69, 9.17) is 0 Å². The summed E-state index contributed by atoms with van der Waals surface area (Å²) in [6.07, 6.45) is 1.33. The van der Waals surface area contributed by atoms with E-state index in [1.165, 1.54) is 32.6 Å². The fourth-order valence-electron chi connectivity index (χ4n) is 1.99. The Kier molecular flexibility index (Phi) is 6.38. The zero-order valence-electron chi connectivity index (χ0n) is 9.58. The summed E-state index contributed by atoms with van der Waals surface area (Å²) in [6.45, 7) is 14.2. The minimum atomic E-state index is 0. The van der Waals surface area contributed by atoms with Gasteiger partial charge >= 0.3 is 0 Å². The van der Waals surface area contributed by atoms with Gasteiger partial charge in [-0.15, -0.1) is 0 Å². The maximum absolute atomic E-state index is 2.59. The number of hydrogen-bond acceptors (Lipinski definition) is 2. The SMILES string of the molecule is C.CC(C)N1CCCN(C(C)C)CC1. The molecule has 14 heavy (non-hydrogen) atoms. The second-order valence-corrected chi connectivity index (χ2v) is 4.61. The lowest BCUT2D eigenvalue weighted by molar-refractivity contribution is 0.202. The molecular formula is C12H28N2. The van der Waals surface area contributed by atoms with Gasteiger partial charge in [0.2, 0.25) is 0 Å². The topological polar surface area (TPSA) is 6.48 Å². The largest absolute Gasteiger partial charge is 0.300 e. The average molecular weight is 200 g/mol. The highest BCUT2D eigenvalue weighted by molar-refractivity contribution is 4.73. The van der Waals surface area contributed by atoms with Crippen molar-refractivity contribution in [3.05, 3.63) is 0 Å². The molecule has 0 unspecified atom stereocenters. The fourth-order valence-corrected chi connectivity index (χ4v) is 1.99. The van der Waals surface area contributed by atoms with Gasteiger partial charge in [-0.3, -0.25) is 9.80 Å². The molecule has 1 fully saturated rings. The quantitative estimate of drug-likeness (QED) is 0.675. The van der Waals surface area contributed by atoms with Crippen LogP contribution in [0, 0.1) is 0 Å². The van der Waals surface area contributed by atoms with Crippen molar-refractivity contribution in [1.82, 2.24) is 9.80 Å². The first-order chi connectivity index (χ1) is 6.11. The molecule has 1 aliphatic rings. The third-order valence-corrected chi connectivity index (χ3v) is 3.03. The molecule has 0 aromatic carbocycles. The molecule has 86 valence electrons. The Balaban J connectivity index is 0.00000169. The molecule has 0 aliphatic carbocycles. The summed E-state index contributed by atoms with van der Waals surface area (Å²) in [5.41, 5.74) is 0. The first kappa shape index (κ1) is 13.9. The van der Waals surface area contributed by atoms with Gasteiger partial charge in [0.1, 0.15) is 0 Å². The van der Waals surface area contributed by atoms with E-state index in [0.717, 1.165) is 0 Å². The van der Waals surface area contributed by atoms with Gasteiger partial charge in [0.15, 0.2) is 0 Å². The predicted molar refractivity (Wildman–Crippen MR) is 64.8 cm³/mol. The van der Waals surface area contributed by atoms with E-state index in [2.05, 4.69) is 37.5 Å². The number of nitrogens with zero attached hydrogens (tertiary/aromatic N) is 2. The summed E-state index contributed by atoms with van der Waals surface area (Å²) >= 11 is 0. The molecule has 0 aromatic heterocycles. The lowest BCUT2D eigenvalue weighted by Gasteiger charge is -2.26. The molecule has 2 heteroatoms. The van der Waals surface area contributed by atoms with Crippen molar-refractivity contribution >= 4 is 0 Å². The van der Waals surface area contributed by atoms with Crippen LogP contribution in [0.25, 0.3) is 0 Å². The smallest absolute Gasteiger partial charge is 0.0112 e. The summed E-state index contributed by atoms with van der Waals surface area (Å²) < 4.78 is 0. The molecule has 1 aliphatic heterocycles. The molecule has 0 saturated carbocycles. The van der Waals surface area contributed by atoms with Crippen LogP contribution in [0.5, 0.6) is 0 Å². The maximum atomic E-state index is 2.59. The van der Waals surface area contributed by atoms with E-state index in [0.29, 0.717) is 12.1 Å². The van der Waals surface area contributed by atoms with Crippen LogP contribution in [0.3, 0.4) is 0 Å². The Labute approximate surface area is 90.3 Å². The lowest BCUT2D eigenvalue weighted by Crippen LogP contribution is -2.37. The molecule has 1 heterocycles. The molecule has 0 spiro atoms. The third-order valence-electron chi connectivity index (χ3n) is 3.03. The van der Waals surface area contributed by atoms with Crippen LogP contribution in [0.1, 0.15) is 41.5 Å². The summed E-state index contributed by atoms with van der Waals surface area (Å²) in [5, 5.41) is 0. The van der Waals surface area contributed by atoms with E-state index < -0.39 is 0 Å². The molecule has 2 nitrogen and oxygen atoms in total. The minimum Gasteiger partial charge on any atom is -0.300 e. The van der Waals surface area contributed by atoms with Gasteiger partial charge in [0.05, 0.1) is 0 Å². The van der Waals surface area contributed by atoms with Crippen LogP contribution in [0.4, 0.5) is 0 Å². The van der Waals surface area contributed by atoms with Crippen molar-refractivity contribution in [1.29, 1.82) is 0 Å². The second kappa shape index (κ2) is 6.41. The van der Waals surface area contributed by atoms with Gasteiger partial charge in [0, 0.05) is 25.2 Å². The summed E-state index contributed by atoms with van der Waals surface area (Å²) in [5.74, 6) is 0. The lowest BCUT2D eigenvalue weighted by atomic mass is 10.3. The third kappa shape index (κ3) is 3.97. The molecule has 0 atom stereocenters. The van der Waals surface area contributed by atoms with E-state index >= 15 is 0 Å². The van der Waals surface area contributed by atoms with Gasteiger partial charge in [-0.2, -0.15) is 0 Å². The Morgan fingerprint density at radius 1 is 0.714 bits per heavy atom. The van der Waals surface area contributed by atoms with Crippen molar-refractivity contribution in [3.63, 3.8) is 0 Å². The van der Waals surface area contributed by atoms with Crippen LogP contribution in [-0.4, -0.2) is 48.1 Å². The van der Waals surface area contributed by atoms with Gasteiger partial charge < -0.3 is 0 Å². The molecule has 1 saturated heterocycles. The van der Waals surface area contributed by atoms with Crippen molar-refractivity contribution in [3.8, 4) is 0 Å². The van der Waals surface area contributed by atoms with Gasteiger partial charge in [-0.05, 0) is 47.2 Å². The van der Waals surface area contributed by atoms with Crippen molar-refractivity contribution in [2.75, 3.05) is 26.2 Å². The monoisotopic (exact) mass is 200 g/mol.